The standard InChI is InChI=1S/C8H15BO2/c1-7-5-8(7)6-9-10-3-2-4-11-9/h7-8H,2-6H2,1H3/t7-,8-/m1/s1. The Kier molecular flexibility index (Phi) is 2.19. The first-order valence-corrected chi connectivity index (χ1v) is 4.59. The van der Waals surface area contributed by atoms with Crippen molar-refractivity contribution in [3.8, 4) is 0 Å². The summed E-state index contributed by atoms with van der Waals surface area (Å²) in [5.41, 5.74) is 0. The molecule has 11 heavy (non-hydrogen) atoms. The molecular weight excluding hydrogens is 139 g/mol. The fraction of sp³-hybridized carbons (Fsp3) is 1.00. The van der Waals surface area contributed by atoms with Gasteiger partial charge in [0.1, 0.15) is 0 Å². The zero-order chi connectivity index (χ0) is 7.68. The fourth-order valence-electron chi connectivity index (χ4n) is 1.65. The Morgan fingerprint density at radius 2 is 2.00 bits per heavy atom. The molecule has 2 atom stereocenters. The Balaban J connectivity index is 1.68. The van der Waals surface area contributed by atoms with Crippen molar-refractivity contribution >= 4 is 7.12 Å². The van der Waals surface area contributed by atoms with Gasteiger partial charge in [0.15, 0.2) is 0 Å². The van der Waals surface area contributed by atoms with Crippen LogP contribution in [0.4, 0.5) is 0 Å². The molecule has 2 rings (SSSR count). The van der Waals surface area contributed by atoms with Gasteiger partial charge in [0.05, 0.1) is 0 Å². The number of hydrogen-bond acceptors (Lipinski definition) is 2. The SMILES string of the molecule is C[C@@H]1C[C@@H]1CB1OCCCO1. The molecular formula is C8H15BO2. The fourth-order valence-corrected chi connectivity index (χ4v) is 1.65. The van der Waals surface area contributed by atoms with Crippen molar-refractivity contribution in [3.63, 3.8) is 0 Å². The Labute approximate surface area is 68.4 Å². The largest absolute Gasteiger partial charge is 0.457 e. The summed E-state index contributed by atoms with van der Waals surface area (Å²) in [6.07, 6.45) is 3.57. The molecule has 3 heteroatoms. The topological polar surface area (TPSA) is 18.5 Å². The molecule has 0 amide bonds. The highest BCUT2D eigenvalue weighted by atomic mass is 16.6. The summed E-state index contributed by atoms with van der Waals surface area (Å²) < 4.78 is 10.9. The van der Waals surface area contributed by atoms with Crippen LogP contribution in [-0.4, -0.2) is 20.3 Å². The maximum absolute atomic E-state index is 5.45. The molecule has 0 bridgehead atoms. The zero-order valence-corrected chi connectivity index (χ0v) is 7.08. The minimum Gasteiger partial charge on any atom is -0.411 e. The van der Waals surface area contributed by atoms with E-state index < -0.39 is 0 Å². The monoisotopic (exact) mass is 154 g/mol. The van der Waals surface area contributed by atoms with Crippen LogP contribution in [-0.2, 0) is 9.31 Å². The second kappa shape index (κ2) is 3.15. The van der Waals surface area contributed by atoms with E-state index in [1.54, 1.807) is 0 Å². The molecule has 0 spiro atoms. The van der Waals surface area contributed by atoms with E-state index in [0.29, 0.717) is 0 Å². The van der Waals surface area contributed by atoms with Crippen molar-refractivity contribution in [2.45, 2.75) is 26.1 Å². The lowest BCUT2D eigenvalue weighted by molar-refractivity contribution is 0.132. The van der Waals surface area contributed by atoms with Crippen molar-refractivity contribution in [3.05, 3.63) is 0 Å². The molecule has 1 heterocycles. The normalized spacial score (nSPS) is 37.4. The van der Waals surface area contributed by atoms with Gasteiger partial charge in [-0.25, -0.2) is 0 Å². The highest BCUT2D eigenvalue weighted by molar-refractivity contribution is 6.44. The van der Waals surface area contributed by atoms with Gasteiger partial charge in [0.25, 0.3) is 0 Å². The van der Waals surface area contributed by atoms with Gasteiger partial charge in [-0.2, -0.15) is 0 Å². The van der Waals surface area contributed by atoms with Gasteiger partial charge < -0.3 is 9.31 Å². The van der Waals surface area contributed by atoms with Gasteiger partial charge >= 0.3 is 7.12 Å². The Morgan fingerprint density at radius 3 is 2.55 bits per heavy atom. The van der Waals surface area contributed by atoms with Crippen molar-refractivity contribution < 1.29 is 9.31 Å². The summed E-state index contributed by atoms with van der Waals surface area (Å²) in [6.45, 7) is 4.09. The molecule has 1 saturated heterocycles. The van der Waals surface area contributed by atoms with E-state index in [1.807, 2.05) is 0 Å². The molecule has 0 aromatic heterocycles. The van der Waals surface area contributed by atoms with Gasteiger partial charge in [-0.3, -0.25) is 0 Å². The highest BCUT2D eigenvalue weighted by Crippen LogP contribution is 2.42. The maximum Gasteiger partial charge on any atom is 0.457 e. The third-order valence-corrected chi connectivity index (χ3v) is 2.67. The molecule has 0 radical (unpaired) electrons. The van der Waals surface area contributed by atoms with Crippen LogP contribution < -0.4 is 0 Å². The summed E-state index contributed by atoms with van der Waals surface area (Å²) in [4.78, 5) is 0. The predicted octanol–water partition coefficient (Wildman–Crippen LogP) is 1.57. The summed E-state index contributed by atoms with van der Waals surface area (Å²) in [7, 11) is 0.124. The van der Waals surface area contributed by atoms with Crippen LogP contribution >= 0.6 is 0 Å². The number of hydrogen-bond donors (Lipinski definition) is 0. The molecule has 1 aliphatic heterocycles. The van der Waals surface area contributed by atoms with E-state index in [4.69, 9.17) is 9.31 Å². The van der Waals surface area contributed by atoms with Crippen molar-refractivity contribution in [2.24, 2.45) is 11.8 Å². The Bertz CT molecular complexity index is 134. The zero-order valence-electron chi connectivity index (χ0n) is 7.08. The molecule has 2 aliphatic rings. The molecule has 0 N–H and O–H groups in total. The van der Waals surface area contributed by atoms with E-state index in [-0.39, 0.29) is 7.12 Å². The first kappa shape index (κ1) is 7.62. The third kappa shape index (κ3) is 1.97. The van der Waals surface area contributed by atoms with Crippen LogP contribution in [0.2, 0.25) is 6.32 Å². The Morgan fingerprint density at radius 1 is 1.36 bits per heavy atom. The van der Waals surface area contributed by atoms with E-state index >= 15 is 0 Å². The first-order chi connectivity index (χ1) is 5.36. The Hall–Kier alpha value is -0.0151. The molecule has 1 saturated carbocycles. The smallest absolute Gasteiger partial charge is 0.411 e. The van der Waals surface area contributed by atoms with Gasteiger partial charge in [-0.05, 0) is 31.0 Å². The van der Waals surface area contributed by atoms with Crippen LogP contribution in [0.15, 0.2) is 0 Å². The van der Waals surface area contributed by atoms with Crippen LogP contribution in [0.1, 0.15) is 19.8 Å². The average molecular weight is 154 g/mol. The third-order valence-electron chi connectivity index (χ3n) is 2.67. The average Bonchev–Trinajstić information content (AvgIpc) is 2.69. The quantitative estimate of drug-likeness (QED) is 0.562. The lowest BCUT2D eigenvalue weighted by Gasteiger charge is -2.19. The molecule has 0 aromatic rings. The summed E-state index contributed by atoms with van der Waals surface area (Å²) in [5, 5.41) is 0. The molecule has 0 unspecified atom stereocenters. The minimum absolute atomic E-state index is 0.124. The molecule has 1 aliphatic carbocycles. The minimum atomic E-state index is 0.124. The van der Waals surface area contributed by atoms with Crippen LogP contribution in [0.5, 0.6) is 0 Å². The molecule has 0 aromatic carbocycles. The molecule has 2 nitrogen and oxygen atoms in total. The summed E-state index contributed by atoms with van der Waals surface area (Å²) in [5.74, 6) is 1.81. The van der Waals surface area contributed by atoms with Gasteiger partial charge in [-0.15, -0.1) is 0 Å². The lowest BCUT2D eigenvalue weighted by Crippen LogP contribution is -2.29. The van der Waals surface area contributed by atoms with Crippen LogP contribution in [0.3, 0.4) is 0 Å². The van der Waals surface area contributed by atoms with E-state index in [1.165, 1.54) is 6.42 Å². The van der Waals surface area contributed by atoms with Crippen LogP contribution in [0.25, 0.3) is 0 Å². The maximum atomic E-state index is 5.45. The van der Waals surface area contributed by atoms with Crippen molar-refractivity contribution in [1.82, 2.24) is 0 Å². The molecule has 2 fully saturated rings. The summed E-state index contributed by atoms with van der Waals surface area (Å²) in [6, 6.07) is 0. The first-order valence-electron chi connectivity index (χ1n) is 4.59. The van der Waals surface area contributed by atoms with Gasteiger partial charge in [-0.1, -0.05) is 6.92 Å². The number of rotatable bonds is 2. The van der Waals surface area contributed by atoms with Gasteiger partial charge in [0.2, 0.25) is 0 Å². The predicted molar refractivity (Wildman–Crippen MR) is 44.4 cm³/mol. The van der Waals surface area contributed by atoms with E-state index in [0.717, 1.165) is 37.8 Å². The highest BCUT2D eigenvalue weighted by Gasteiger charge is 2.38. The van der Waals surface area contributed by atoms with Gasteiger partial charge in [0, 0.05) is 13.2 Å². The van der Waals surface area contributed by atoms with Crippen LogP contribution in [0, 0.1) is 11.8 Å². The second-order valence-electron chi connectivity index (χ2n) is 3.73. The van der Waals surface area contributed by atoms with E-state index in [2.05, 4.69) is 6.92 Å². The second-order valence-corrected chi connectivity index (χ2v) is 3.73. The summed E-state index contributed by atoms with van der Waals surface area (Å²) >= 11 is 0. The molecule has 62 valence electrons. The van der Waals surface area contributed by atoms with E-state index in [9.17, 15) is 0 Å². The lowest BCUT2D eigenvalue weighted by atomic mass is 9.80. The van der Waals surface area contributed by atoms with Crippen molar-refractivity contribution in [2.75, 3.05) is 13.2 Å². The van der Waals surface area contributed by atoms with Crippen molar-refractivity contribution in [1.29, 1.82) is 0 Å².